The molecule has 78 valence electrons. The van der Waals surface area contributed by atoms with Crippen molar-refractivity contribution in [3.05, 3.63) is 0 Å². The molecule has 1 saturated heterocycles. The Labute approximate surface area is 87.7 Å². The minimum atomic E-state index is 0.735. The molecule has 0 bridgehead atoms. The third-order valence-electron chi connectivity index (χ3n) is 2.82. The predicted molar refractivity (Wildman–Crippen MR) is 61.6 cm³/mol. The Kier molecular flexibility index (Phi) is 5.14. The molecule has 2 nitrogen and oxygen atoms in total. The number of nitrogens with zero attached hydrogens (tertiary/aromatic N) is 2. The highest BCUT2D eigenvalue weighted by molar-refractivity contribution is 7.80. The van der Waals surface area contributed by atoms with Gasteiger partial charge in [0, 0.05) is 25.7 Å². The van der Waals surface area contributed by atoms with Crippen LogP contribution in [0.1, 0.15) is 19.8 Å². The van der Waals surface area contributed by atoms with Gasteiger partial charge in [-0.3, -0.25) is 4.90 Å². The van der Waals surface area contributed by atoms with E-state index in [1.165, 1.54) is 39.0 Å². The summed E-state index contributed by atoms with van der Waals surface area (Å²) in [5, 5.41) is 0. The van der Waals surface area contributed by atoms with E-state index in [0.717, 1.165) is 11.8 Å². The molecule has 1 fully saturated rings. The molecule has 0 amide bonds. The summed E-state index contributed by atoms with van der Waals surface area (Å²) in [5.41, 5.74) is 0. The van der Waals surface area contributed by atoms with Gasteiger partial charge in [-0.05, 0) is 39.1 Å². The largest absolute Gasteiger partial charge is 0.304 e. The fourth-order valence-corrected chi connectivity index (χ4v) is 2.16. The summed E-state index contributed by atoms with van der Waals surface area (Å²) >= 11 is 4.23. The van der Waals surface area contributed by atoms with Crippen LogP contribution in [0.25, 0.3) is 0 Å². The monoisotopic (exact) mass is 202 g/mol. The van der Waals surface area contributed by atoms with Gasteiger partial charge in [0.15, 0.2) is 0 Å². The number of piperazine rings is 1. The molecule has 0 aromatic heterocycles. The maximum absolute atomic E-state index is 4.23. The fraction of sp³-hybridized carbons (Fsp3) is 1.00. The zero-order chi connectivity index (χ0) is 9.68. The van der Waals surface area contributed by atoms with Gasteiger partial charge in [-0.2, -0.15) is 12.6 Å². The lowest BCUT2D eigenvalue weighted by molar-refractivity contribution is 0.0990. The van der Waals surface area contributed by atoms with Crippen molar-refractivity contribution in [2.45, 2.75) is 25.8 Å². The summed E-state index contributed by atoms with van der Waals surface area (Å²) in [5.74, 6) is 1.03. The minimum Gasteiger partial charge on any atom is -0.304 e. The van der Waals surface area contributed by atoms with Gasteiger partial charge in [0.05, 0.1) is 0 Å². The van der Waals surface area contributed by atoms with Gasteiger partial charge >= 0.3 is 0 Å². The summed E-state index contributed by atoms with van der Waals surface area (Å²) in [7, 11) is 2.21. The van der Waals surface area contributed by atoms with Crippen molar-refractivity contribution in [1.82, 2.24) is 9.80 Å². The van der Waals surface area contributed by atoms with E-state index < -0.39 is 0 Å². The van der Waals surface area contributed by atoms with E-state index in [1.54, 1.807) is 0 Å². The van der Waals surface area contributed by atoms with E-state index in [4.69, 9.17) is 0 Å². The Balaban J connectivity index is 2.18. The highest BCUT2D eigenvalue weighted by Crippen LogP contribution is 2.08. The van der Waals surface area contributed by atoms with Crippen LogP contribution < -0.4 is 0 Å². The summed E-state index contributed by atoms with van der Waals surface area (Å²) in [6, 6.07) is 0.735. The smallest absolute Gasteiger partial charge is 0.0195 e. The second kappa shape index (κ2) is 5.89. The molecule has 0 aliphatic carbocycles. The first-order valence-corrected chi connectivity index (χ1v) is 5.90. The molecular weight excluding hydrogens is 180 g/mol. The third-order valence-corrected chi connectivity index (χ3v) is 3.14. The lowest BCUT2D eigenvalue weighted by Gasteiger charge is -2.38. The van der Waals surface area contributed by atoms with Gasteiger partial charge in [-0.25, -0.2) is 0 Å². The number of thiol groups is 1. The molecule has 1 rings (SSSR count). The molecule has 0 saturated carbocycles. The molecule has 0 aromatic rings. The standard InChI is InChI=1S/C10H22N2S/c1-10-9-11(2)6-7-12(10)5-3-4-8-13/h10,13H,3-9H2,1-2H3. The van der Waals surface area contributed by atoms with Gasteiger partial charge in [0.2, 0.25) is 0 Å². The van der Waals surface area contributed by atoms with Crippen LogP contribution in [-0.4, -0.2) is 54.8 Å². The van der Waals surface area contributed by atoms with E-state index in [0.29, 0.717) is 0 Å². The van der Waals surface area contributed by atoms with E-state index in [9.17, 15) is 0 Å². The SMILES string of the molecule is CC1CN(C)CCN1CCCCS. The summed E-state index contributed by atoms with van der Waals surface area (Å²) in [6.07, 6.45) is 2.56. The zero-order valence-electron chi connectivity index (χ0n) is 8.87. The molecule has 1 unspecified atom stereocenters. The quantitative estimate of drug-likeness (QED) is 0.543. The van der Waals surface area contributed by atoms with E-state index in [-0.39, 0.29) is 0 Å². The normalized spacial score (nSPS) is 26.5. The van der Waals surface area contributed by atoms with Gasteiger partial charge < -0.3 is 4.90 Å². The maximum Gasteiger partial charge on any atom is 0.0195 e. The van der Waals surface area contributed by atoms with Crippen molar-refractivity contribution in [3.63, 3.8) is 0 Å². The van der Waals surface area contributed by atoms with Crippen LogP contribution in [0.3, 0.4) is 0 Å². The molecule has 1 atom stereocenters. The van der Waals surface area contributed by atoms with E-state index in [2.05, 4.69) is 36.4 Å². The Morgan fingerprint density at radius 3 is 2.69 bits per heavy atom. The molecule has 1 heterocycles. The van der Waals surface area contributed by atoms with Crippen LogP contribution in [-0.2, 0) is 0 Å². The van der Waals surface area contributed by atoms with E-state index >= 15 is 0 Å². The summed E-state index contributed by atoms with van der Waals surface area (Å²) < 4.78 is 0. The zero-order valence-corrected chi connectivity index (χ0v) is 9.76. The van der Waals surface area contributed by atoms with Crippen molar-refractivity contribution in [3.8, 4) is 0 Å². The van der Waals surface area contributed by atoms with Crippen molar-refractivity contribution < 1.29 is 0 Å². The molecular formula is C10H22N2S. The van der Waals surface area contributed by atoms with Crippen molar-refractivity contribution in [2.75, 3.05) is 39.0 Å². The van der Waals surface area contributed by atoms with E-state index in [1.807, 2.05) is 0 Å². The first kappa shape index (κ1) is 11.3. The Bertz CT molecular complexity index is 141. The van der Waals surface area contributed by atoms with Crippen LogP contribution in [0, 0.1) is 0 Å². The maximum atomic E-state index is 4.23. The highest BCUT2D eigenvalue weighted by Gasteiger charge is 2.20. The predicted octanol–water partition coefficient (Wildman–Crippen LogP) is 1.33. The first-order chi connectivity index (χ1) is 6.24. The van der Waals surface area contributed by atoms with Gasteiger partial charge in [-0.15, -0.1) is 0 Å². The number of hydrogen-bond donors (Lipinski definition) is 1. The Morgan fingerprint density at radius 1 is 1.31 bits per heavy atom. The van der Waals surface area contributed by atoms with Gasteiger partial charge in [-0.1, -0.05) is 0 Å². The number of likely N-dealkylation sites (N-methyl/N-ethyl adjacent to an activating group) is 1. The second-order valence-electron chi connectivity index (χ2n) is 4.08. The van der Waals surface area contributed by atoms with Gasteiger partial charge in [0.1, 0.15) is 0 Å². The fourth-order valence-electron chi connectivity index (χ4n) is 1.94. The van der Waals surface area contributed by atoms with Crippen LogP contribution >= 0.6 is 12.6 Å². The van der Waals surface area contributed by atoms with Crippen molar-refractivity contribution in [2.24, 2.45) is 0 Å². The molecule has 0 spiro atoms. The van der Waals surface area contributed by atoms with Crippen LogP contribution in [0.15, 0.2) is 0 Å². The Morgan fingerprint density at radius 2 is 2.08 bits per heavy atom. The average molecular weight is 202 g/mol. The van der Waals surface area contributed by atoms with Gasteiger partial charge in [0.25, 0.3) is 0 Å². The molecule has 0 radical (unpaired) electrons. The molecule has 0 N–H and O–H groups in total. The first-order valence-electron chi connectivity index (χ1n) is 5.27. The van der Waals surface area contributed by atoms with Crippen LogP contribution in [0.2, 0.25) is 0 Å². The highest BCUT2D eigenvalue weighted by atomic mass is 32.1. The molecule has 1 aliphatic rings. The molecule has 1 aliphatic heterocycles. The lowest BCUT2D eigenvalue weighted by atomic mass is 10.2. The summed E-state index contributed by atoms with van der Waals surface area (Å²) in [4.78, 5) is 5.02. The topological polar surface area (TPSA) is 6.48 Å². The number of hydrogen-bond acceptors (Lipinski definition) is 3. The summed E-state index contributed by atoms with van der Waals surface area (Å²) in [6.45, 7) is 7.28. The lowest BCUT2D eigenvalue weighted by Crippen LogP contribution is -2.50. The van der Waals surface area contributed by atoms with Crippen molar-refractivity contribution >= 4 is 12.6 Å². The van der Waals surface area contributed by atoms with Crippen LogP contribution in [0.4, 0.5) is 0 Å². The average Bonchev–Trinajstić information content (AvgIpc) is 2.09. The number of unbranched alkanes of at least 4 members (excludes halogenated alkanes) is 1. The molecule has 0 aromatic carbocycles. The third kappa shape index (κ3) is 3.88. The second-order valence-corrected chi connectivity index (χ2v) is 4.53. The van der Waals surface area contributed by atoms with Crippen LogP contribution in [0.5, 0.6) is 0 Å². The minimum absolute atomic E-state index is 0.735. The number of rotatable bonds is 4. The Hall–Kier alpha value is 0.270. The van der Waals surface area contributed by atoms with Crippen molar-refractivity contribution in [1.29, 1.82) is 0 Å². The molecule has 13 heavy (non-hydrogen) atoms. The molecule has 3 heteroatoms.